The van der Waals surface area contributed by atoms with E-state index in [1.807, 2.05) is 21.2 Å². The summed E-state index contributed by atoms with van der Waals surface area (Å²) in [6.07, 6.45) is 4.49. The average molecular weight is 350 g/mol. The minimum Gasteiger partial charge on any atom is -0.338 e. The van der Waals surface area contributed by atoms with Crippen molar-refractivity contribution in [3.05, 3.63) is 21.9 Å². The molecule has 1 aromatic rings. The Morgan fingerprint density at radius 1 is 1.42 bits per heavy atom. The molecule has 6 heteroatoms. The van der Waals surface area contributed by atoms with Crippen LogP contribution in [-0.4, -0.2) is 53.8 Å². The van der Waals surface area contributed by atoms with Gasteiger partial charge in [0.1, 0.15) is 0 Å². The highest BCUT2D eigenvalue weighted by Gasteiger charge is 2.40. The van der Waals surface area contributed by atoms with Crippen molar-refractivity contribution in [1.29, 1.82) is 0 Å². The summed E-state index contributed by atoms with van der Waals surface area (Å²) < 4.78 is 0. The zero-order chi connectivity index (χ0) is 17.1. The first-order valence-corrected chi connectivity index (χ1v) is 9.88. The van der Waals surface area contributed by atoms with E-state index >= 15 is 0 Å². The first-order valence-electron chi connectivity index (χ1n) is 9.00. The van der Waals surface area contributed by atoms with Crippen LogP contribution in [0.5, 0.6) is 0 Å². The molecule has 0 unspecified atom stereocenters. The summed E-state index contributed by atoms with van der Waals surface area (Å²) in [6, 6.07) is 2.31. The van der Waals surface area contributed by atoms with Crippen molar-refractivity contribution in [2.24, 2.45) is 11.7 Å². The zero-order valence-corrected chi connectivity index (χ0v) is 15.2. The van der Waals surface area contributed by atoms with Gasteiger partial charge in [-0.3, -0.25) is 9.59 Å². The molecular weight excluding hydrogens is 322 g/mol. The fourth-order valence-electron chi connectivity index (χ4n) is 4.02. The van der Waals surface area contributed by atoms with Crippen LogP contribution in [0.1, 0.15) is 47.8 Å². The molecule has 3 rings (SSSR count). The average Bonchev–Trinajstić information content (AvgIpc) is 3.05. The molecule has 2 fully saturated rings. The van der Waals surface area contributed by atoms with E-state index in [0.29, 0.717) is 25.4 Å². The number of rotatable bonds is 5. The van der Waals surface area contributed by atoms with Gasteiger partial charge in [0.25, 0.3) is 5.91 Å². The standard InChI is InChI=1S/C18H27N3O2S/c1-2-3-15-10-14(12-24-15)18(23)20-8-6-16-13(11-20)4-5-17(22)21(16)9-7-19/h10,12-13,16H,2-9,11,19H2,1H3/t13-,16+/m0/s1. The smallest absolute Gasteiger partial charge is 0.254 e. The first kappa shape index (κ1) is 17.4. The van der Waals surface area contributed by atoms with Gasteiger partial charge in [-0.25, -0.2) is 0 Å². The fourth-order valence-corrected chi connectivity index (χ4v) is 4.98. The van der Waals surface area contributed by atoms with Gasteiger partial charge in [0.05, 0.1) is 5.56 Å². The lowest BCUT2D eigenvalue weighted by Crippen LogP contribution is -2.57. The second kappa shape index (κ2) is 7.66. The van der Waals surface area contributed by atoms with Crippen molar-refractivity contribution in [3.63, 3.8) is 0 Å². The van der Waals surface area contributed by atoms with Crippen LogP contribution in [0, 0.1) is 5.92 Å². The second-order valence-electron chi connectivity index (χ2n) is 6.83. The molecule has 2 aliphatic rings. The molecule has 2 atom stereocenters. The van der Waals surface area contributed by atoms with Crippen molar-refractivity contribution in [3.8, 4) is 0 Å². The number of hydrogen-bond donors (Lipinski definition) is 1. The van der Waals surface area contributed by atoms with Gasteiger partial charge in [0.2, 0.25) is 5.91 Å². The molecule has 24 heavy (non-hydrogen) atoms. The molecule has 0 bridgehead atoms. The van der Waals surface area contributed by atoms with E-state index in [-0.39, 0.29) is 17.9 Å². The van der Waals surface area contributed by atoms with Crippen molar-refractivity contribution < 1.29 is 9.59 Å². The number of nitrogens with two attached hydrogens (primary N) is 1. The predicted octanol–water partition coefficient (Wildman–Crippen LogP) is 2.11. The summed E-state index contributed by atoms with van der Waals surface area (Å²) in [7, 11) is 0. The Labute approximate surface area is 147 Å². The molecule has 0 aromatic carbocycles. The van der Waals surface area contributed by atoms with Crippen LogP contribution in [-0.2, 0) is 11.2 Å². The zero-order valence-electron chi connectivity index (χ0n) is 14.4. The predicted molar refractivity (Wildman–Crippen MR) is 96.1 cm³/mol. The third-order valence-electron chi connectivity index (χ3n) is 5.20. The van der Waals surface area contributed by atoms with Crippen molar-refractivity contribution >= 4 is 23.2 Å². The van der Waals surface area contributed by atoms with Gasteiger partial charge in [0, 0.05) is 48.9 Å². The van der Waals surface area contributed by atoms with Crippen molar-refractivity contribution in [2.75, 3.05) is 26.2 Å². The second-order valence-corrected chi connectivity index (χ2v) is 7.83. The van der Waals surface area contributed by atoms with E-state index < -0.39 is 0 Å². The largest absolute Gasteiger partial charge is 0.338 e. The van der Waals surface area contributed by atoms with Gasteiger partial charge >= 0.3 is 0 Å². The van der Waals surface area contributed by atoms with Crippen molar-refractivity contribution in [2.45, 2.75) is 45.1 Å². The summed E-state index contributed by atoms with van der Waals surface area (Å²) in [5, 5.41) is 1.99. The van der Waals surface area contributed by atoms with Crippen molar-refractivity contribution in [1.82, 2.24) is 9.80 Å². The van der Waals surface area contributed by atoms with Crippen LogP contribution in [0.25, 0.3) is 0 Å². The van der Waals surface area contributed by atoms with Gasteiger partial charge in [-0.15, -0.1) is 11.3 Å². The summed E-state index contributed by atoms with van der Waals surface area (Å²) in [4.78, 5) is 30.2. The minimum atomic E-state index is 0.148. The summed E-state index contributed by atoms with van der Waals surface area (Å²) in [6.45, 7) is 4.79. The molecule has 132 valence electrons. The molecule has 0 radical (unpaired) electrons. The first-order chi connectivity index (χ1) is 11.6. The Kier molecular flexibility index (Phi) is 5.56. The van der Waals surface area contributed by atoms with Crippen LogP contribution in [0.4, 0.5) is 0 Å². The number of carbonyl (C=O) groups excluding carboxylic acids is 2. The third-order valence-corrected chi connectivity index (χ3v) is 6.19. The van der Waals surface area contributed by atoms with Gasteiger partial charge in [-0.2, -0.15) is 0 Å². The fraction of sp³-hybridized carbons (Fsp3) is 0.667. The van der Waals surface area contributed by atoms with Crippen LogP contribution in [0.15, 0.2) is 11.4 Å². The molecule has 3 heterocycles. The molecule has 2 amide bonds. The number of nitrogens with zero attached hydrogens (tertiary/aromatic N) is 2. The maximum Gasteiger partial charge on any atom is 0.254 e. The SMILES string of the molecule is CCCc1cc(C(=O)N2CC[C@@H]3[C@@H](CCC(=O)N3CCN)C2)cs1. The third kappa shape index (κ3) is 3.49. The number of piperidine rings is 2. The van der Waals surface area contributed by atoms with Crippen LogP contribution in [0.2, 0.25) is 0 Å². The Morgan fingerprint density at radius 3 is 3.00 bits per heavy atom. The number of likely N-dealkylation sites (tertiary alicyclic amines) is 2. The summed E-state index contributed by atoms with van der Waals surface area (Å²) in [5.41, 5.74) is 6.49. The van der Waals surface area contributed by atoms with E-state index in [9.17, 15) is 9.59 Å². The lowest BCUT2D eigenvalue weighted by Gasteiger charge is -2.47. The number of amides is 2. The number of carbonyl (C=O) groups is 2. The van der Waals surface area contributed by atoms with E-state index in [0.717, 1.165) is 44.3 Å². The molecule has 5 nitrogen and oxygen atoms in total. The molecule has 2 saturated heterocycles. The maximum atomic E-state index is 12.8. The molecule has 2 aliphatic heterocycles. The molecule has 1 aromatic heterocycles. The number of aryl methyl sites for hydroxylation is 1. The summed E-state index contributed by atoms with van der Waals surface area (Å²) in [5.74, 6) is 0.763. The van der Waals surface area contributed by atoms with E-state index in [2.05, 4.69) is 6.92 Å². The number of fused-ring (bicyclic) bond motifs is 1. The highest BCUT2D eigenvalue weighted by atomic mass is 32.1. The Morgan fingerprint density at radius 2 is 2.25 bits per heavy atom. The normalized spacial score (nSPS) is 24.2. The van der Waals surface area contributed by atoms with Crippen LogP contribution >= 0.6 is 11.3 Å². The highest BCUT2D eigenvalue weighted by Crippen LogP contribution is 2.32. The lowest BCUT2D eigenvalue weighted by molar-refractivity contribution is -0.140. The van der Waals surface area contributed by atoms with Crippen LogP contribution in [0.3, 0.4) is 0 Å². The number of hydrogen-bond acceptors (Lipinski definition) is 4. The molecule has 2 N–H and O–H groups in total. The van der Waals surface area contributed by atoms with Gasteiger partial charge < -0.3 is 15.5 Å². The lowest BCUT2D eigenvalue weighted by atomic mass is 9.83. The molecular formula is C18H27N3O2S. The van der Waals surface area contributed by atoms with Gasteiger partial charge in [-0.1, -0.05) is 13.3 Å². The number of thiophene rings is 1. The maximum absolute atomic E-state index is 12.8. The summed E-state index contributed by atoms with van der Waals surface area (Å²) >= 11 is 1.68. The Balaban J connectivity index is 1.66. The van der Waals surface area contributed by atoms with E-state index in [1.165, 1.54) is 4.88 Å². The van der Waals surface area contributed by atoms with E-state index in [1.54, 1.807) is 11.3 Å². The quantitative estimate of drug-likeness (QED) is 0.885. The Bertz CT molecular complexity index is 601. The van der Waals surface area contributed by atoms with E-state index in [4.69, 9.17) is 5.73 Å². The Hall–Kier alpha value is -1.40. The minimum absolute atomic E-state index is 0.148. The van der Waals surface area contributed by atoms with Gasteiger partial charge in [-0.05, 0) is 31.2 Å². The van der Waals surface area contributed by atoms with Crippen LogP contribution < -0.4 is 5.73 Å². The molecule has 0 spiro atoms. The topological polar surface area (TPSA) is 66.6 Å². The van der Waals surface area contributed by atoms with Gasteiger partial charge in [0.15, 0.2) is 0 Å². The molecule has 0 saturated carbocycles. The monoisotopic (exact) mass is 349 g/mol. The molecule has 0 aliphatic carbocycles. The highest BCUT2D eigenvalue weighted by molar-refractivity contribution is 7.10.